The molecule has 3 aromatic heterocycles. The van der Waals surface area contributed by atoms with Crippen molar-refractivity contribution in [1.29, 1.82) is 0 Å². The fourth-order valence-corrected chi connectivity index (χ4v) is 6.56. The maximum Gasteiger partial charge on any atom is 0.337 e. The van der Waals surface area contributed by atoms with E-state index in [9.17, 15) is 9.90 Å². The van der Waals surface area contributed by atoms with E-state index in [1.807, 2.05) is 24.6 Å². The molecule has 2 aliphatic heterocycles. The molecule has 11 nitrogen and oxygen atoms in total. The normalized spacial score (nSPS) is 17.6. The van der Waals surface area contributed by atoms with Crippen molar-refractivity contribution < 1.29 is 28.2 Å². The molecule has 2 atom stereocenters. The number of anilines is 1. The number of ether oxygens (including phenoxy) is 2. The van der Waals surface area contributed by atoms with Crippen LogP contribution in [0, 0.1) is 19.7 Å². The second kappa shape index (κ2) is 11.4. The molecular weight excluding hydrogens is 579 g/mol. The van der Waals surface area contributed by atoms with Crippen LogP contribution in [0.2, 0.25) is 0 Å². The lowest BCUT2D eigenvalue weighted by Crippen LogP contribution is -2.31. The molecule has 240 valence electrons. The molecule has 1 N–H and O–H groups in total. The lowest BCUT2D eigenvalue weighted by Gasteiger charge is -2.29. The number of hydrogen-bond donors (Lipinski definition) is 1. The van der Waals surface area contributed by atoms with E-state index in [0.717, 1.165) is 37.1 Å². The number of benzene rings is 1. The lowest BCUT2D eigenvalue weighted by molar-refractivity contribution is -0.160. The number of carboxylic acid groups (broad SMARTS) is 1. The molecule has 1 aromatic carbocycles. The van der Waals surface area contributed by atoms with Gasteiger partial charge in [-0.3, -0.25) is 0 Å². The first-order valence-electron chi connectivity index (χ1n) is 15.4. The van der Waals surface area contributed by atoms with Gasteiger partial charge in [-0.25, -0.2) is 14.2 Å². The standard InChI is InChI=1S/C33H41FN6O5/c1-17-20-10-9-13-43-27(20)23(34)14-21(17)26-22-15-24(30-36-37-32(44-30)40-12-11-19(16-40)38(6)7)39(8)29(22)35-18(2)25(26)28(31(41)42)45-33(3,4)5/h14-15,19,28H,9-13,16H2,1-8H3,(H,41,42)/t19-,28-/m0/s1. The van der Waals surface area contributed by atoms with Gasteiger partial charge in [0.05, 0.1) is 12.2 Å². The molecule has 12 heteroatoms. The monoisotopic (exact) mass is 620 g/mol. The molecule has 0 radical (unpaired) electrons. The summed E-state index contributed by atoms with van der Waals surface area (Å²) in [6, 6.07) is 4.16. The third-order valence-corrected chi connectivity index (χ3v) is 8.86. The number of rotatable bonds is 7. The lowest BCUT2D eigenvalue weighted by atomic mass is 9.86. The topological polar surface area (TPSA) is 119 Å². The van der Waals surface area contributed by atoms with Crippen molar-refractivity contribution in [2.45, 2.75) is 71.6 Å². The average Bonchev–Trinajstić information content (AvgIpc) is 3.72. The molecule has 0 spiro atoms. The third-order valence-electron chi connectivity index (χ3n) is 8.86. The van der Waals surface area contributed by atoms with Crippen LogP contribution in [0.4, 0.5) is 10.4 Å². The highest BCUT2D eigenvalue weighted by Gasteiger charge is 2.35. The molecule has 0 aliphatic carbocycles. The molecular formula is C33H41FN6O5. The van der Waals surface area contributed by atoms with Crippen LogP contribution in [0.1, 0.15) is 62.1 Å². The van der Waals surface area contributed by atoms with Crippen LogP contribution in [0.15, 0.2) is 16.5 Å². The summed E-state index contributed by atoms with van der Waals surface area (Å²) in [6.07, 6.45) is 1.06. The van der Waals surface area contributed by atoms with E-state index in [2.05, 4.69) is 34.1 Å². The number of aryl methyl sites for hydroxylation is 2. The second-order valence-corrected chi connectivity index (χ2v) is 13.3. The van der Waals surface area contributed by atoms with Gasteiger partial charge < -0.3 is 33.4 Å². The van der Waals surface area contributed by atoms with Crippen molar-refractivity contribution in [2.24, 2.45) is 7.05 Å². The van der Waals surface area contributed by atoms with E-state index >= 15 is 4.39 Å². The first-order valence-corrected chi connectivity index (χ1v) is 15.4. The minimum atomic E-state index is -1.36. The minimum Gasteiger partial charge on any atom is -0.490 e. The van der Waals surface area contributed by atoms with Gasteiger partial charge in [-0.1, -0.05) is 5.10 Å². The first-order chi connectivity index (χ1) is 21.2. The third kappa shape index (κ3) is 5.54. The minimum absolute atomic E-state index is 0.261. The maximum absolute atomic E-state index is 15.7. The highest BCUT2D eigenvalue weighted by molar-refractivity contribution is 6.01. The summed E-state index contributed by atoms with van der Waals surface area (Å²) in [5.41, 5.74) is 3.98. The Kier molecular flexibility index (Phi) is 7.85. The van der Waals surface area contributed by atoms with Gasteiger partial charge in [-0.05, 0) is 91.2 Å². The molecule has 1 fully saturated rings. The number of nitrogens with zero attached hydrogens (tertiary/aromatic N) is 6. The van der Waals surface area contributed by atoms with Crippen LogP contribution in [0.5, 0.6) is 5.75 Å². The van der Waals surface area contributed by atoms with Gasteiger partial charge in [0.1, 0.15) is 11.3 Å². The van der Waals surface area contributed by atoms with Crippen molar-refractivity contribution in [3.05, 3.63) is 40.3 Å². The predicted molar refractivity (Wildman–Crippen MR) is 168 cm³/mol. The number of pyridine rings is 1. The molecule has 5 heterocycles. The number of carbonyl (C=O) groups is 1. The van der Waals surface area contributed by atoms with E-state index in [0.29, 0.717) is 70.1 Å². The molecule has 6 rings (SSSR count). The predicted octanol–water partition coefficient (Wildman–Crippen LogP) is 5.45. The van der Waals surface area contributed by atoms with E-state index < -0.39 is 23.5 Å². The molecule has 0 amide bonds. The van der Waals surface area contributed by atoms with Crippen LogP contribution >= 0.6 is 0 Å². The Balaban J connectivity index is 1.58. The van der Waals surface area contributed by atoms with Gasteiger partial charge in [0.2, 0.25) is 0 Å². The SMILES string of the molecule is Cc1nc2c(cc(-c3nnc(N4CC[C@H](N(C)C)C4)o3)n2C)c(-c2cc(F)c3c(c2C)CCCO3)c1[C@H](OC(C)(C)C)C(=O)O. The van der Waals surface area contributed by atoms with Gasteiger partial charge >= 0.3 is 12.0 Å². The molecule has 2 aliphatic rings. The molecule has 4 aromatic rings. The second-order valence-electron chi connectivity index (χ2n) is 13.3. The molecule has 0 saturated carbocycles. The molecule has 1 saturated heterocycles. The van der Waals surface area contributed by atoms with Gasteiger partial charge in [0, 0.05) is 53.9 Å². The van der Waals surface area contributed by atoms with Crippen LogP contribution in [-0.4, -0.2) is 81.2 Å². The van der Waals surface area contributed by atoms with Crippen LogP contribution < -0.4 is 9.64 Å². The number of aromatic nitrogens is 4. The Labute approximate surface area is 261 Å². The van der Waals surface area contributed by atoms with Crippen molar-refractivity contribution in [3.8, 4) is 28.5 Å². The number of fused-ring (bicyclic) bond motifs is 2. The number of likely N-dealkylation sites (N-methyl/N-ethyl adjacent to an activating group) is 1. The summed E-state index contributed by atoms with van der Waals surface area (Å²) in [7, 11) is 5.98. The molecule has 0 bridgehead atoms. The Morgan fingerprint density at radius 2 is 1.98 bits per heavy atom. The van der Waals surface area contributed by atoms with E-state index in [1.54, 1.807) is 27.7 Å². The number of aliphatic carboxylic acids is 1. The van der Waals surface area contributed by atoms with Gasteiger partial charge in [-0.15, -0.1) is 5.10 Å². The quantitative estimate of drug-likeness (QED) is 0.286. The fraction of sp³-hybridized carbons (Fsp3) is 0.515. The summed E-state index contributed by atoms with van der Waals surface area (Å²) in [6.45, 7) is 11.2. The fourth-order valence-electron chi connectivity index (χ4n) is 6.56. The first kappa shape index (κ1) is 31.0. The number of hydrogen-bond acceptors (Lipinski definition) is 9. The molecule has 0 unspecified atom stereocenters. The summed E-state index contributed by atoms with van der Waals surface area (Å²) in [4.78, 5) is 22.0. The Morgan fingerprint density at radius 3 is 2.64 bits per heavy atom. The van der Waals surface area contributed by atoms with Crippen LogP contribution in [0.25, 0.3) is 33.7 Å². The zero-order valence-corrected chi connectivity index (χ0v) is 27.2. The van der Waals surface area contributed by atoms with Crippen molar-refractivity contribution in [3.63, 3.8) is 0 Å². The Bertz CT molecular complexity index is 1790. The Morgan fingerprint density at radius 1 is 1.22 bits per heavy atom. The van der Waals surface area contributed by atoms with Crippen molar-refractivity contribution in [1.82, 2.24) is 24.6 Å². The number of carboxylic acids is 1. The smallest absolute Gasteiger partial charge is 0.337 e. The summed E-state index contributed by atoms with van der Waals surface area (Å²) in [5.74, 6) is -1.07. The summed E-state index contributed by atoms with van der Waals surface area (Å²) < 4.78 is 35.6. The zero-order chi connectivity index (χ0) is 32.4. The summed E-state index contributed by atoms with van der Waals surface area (Å²) >= 11 is 0. The number of halogens is 1. The van der Waals surface area contributed by atoms with E-state index in [4.69, 9.17) is 18.9 Å². The van der Waals surface area contributed by atoms with Crippen LogP contribution in [0.3, 0.4) is 0 Å². The Hall–Kier alpha value is -4.03. The van der Waals surface area contributed by atoms with Crippen molar-refractivity contribution >= 4 is 23.0 Å². The summed E-state index contributed by atoms with van der Waals surface area (Å²) in [5, 5.41) is 19.9. The van der Waals surface area contributed by atoms with E-state index in [1.165, 1.54) is 6.07 Å². The van der Waals surface area contributed by atoms with Crippen molar-refractivity contribution in [2.75, 3.05) is 38.7 Å². The maximum atomic E-state index is 15.7. The highest BCUT2D eigenvalue weighted by atomic mass is 19.1. The van der Waals surface area contributed by atoms with Crippen LogP contribution in [-0.2, 0) is 23.0 Å². The van der Waals surface area contributed by atoms with Gasteiger partial charge in [-0.2, -0.15) is 0 Å². The zero-order valence-electron chi connectivity index (χ0n) is 27.2. The highest BCUT2D eigenvalue weighted by Crippen LogP contribution is 2.45. The van der Waals surface area contributed by atoms with Gasteiger partial charge in [0.15, 0.2) is 17.7 Å². The van der Waals surface area contributed by atoms with Gasteiger partial charge in [0.25, 0.3) is 5.89 Å². The van der Waals surface area contributed by atoms with E-state index in [-0.39, 0.29) is 5.75 Å². The average molecular weight is 621 g/mol. The largest absolute Gasteiger partial charge is 0.490 e. The molecule has 45 heavy (non-hydrogen) atoms.